The molecule has 0 saturated carbocycles. The molecule has 0 aromatic rings. The Morgan fingerprint density at radius 1 is 1.40 bits per heavy atom. The van der Waals surface area contributed by atoms with Crippen LogP contribution < -0.4 is 5.32 Å². The lowest BCUT2D eigenvalue weighted by atomic mass is 10.1. The molecule has 2 aliphatic heterocycles. The van der Waals surface area contributed by atoms with Crippen molar-refractivity contribution in [3.05, 3.63) is 0 Å². The van der Waals surface area contributed by atoms with E-state index in [1.807, 2.05) is 0 Å². The second kappa shape index (κ2) is 4.78. The Morgan fingerprint density at radius 2 is 2.27 bits per heavy atom. The molecule has 2 saturated heterocycles. The van der Waals surface area contributed by atoms with Gasteiger partial charge in [0.05, 0.1) is 24.9 Å². The monoisotopic (exact) mass is 214 g/mol. The fraction of sp³-hybridized carbons (Fsp3) is 1.00. The van der Waals surface area contributed by atoms with Crippen molar-refractivity contribution in [2.45, 2.75) is 25.6 Å². The third kappa shape index (κ3) is 3.41. The summed E-state index contributed by atoms with van der Waals surface area (Å²) in [6.45, 7) is 11.0. The Kier molecular flexibility index (Phi) is 3.61. The Balaban J connectivity index is 1.78. The Bertz CT molecular complexity index is 203. The van der Waals surface area contributed by atoms with Gasteiger partial charge in [0.25, 0.3) is 0 Å². The molecule has 1 atom stereocenters. The van der Waals surface area contributed by atoms with Gasteiger partial charge in [-0.1, -0.05) is 0 Å². The summed E-state index contributed by atoms with van der Waals surface area (Å²) in [6.07, 6.45) is 0.354. The van der Waals surface area contributed by atoms with Crippen molar-refractivity contribution in [3.63, 3.8) is 0 Å². The molecule has 0 amide bonds. The Morgan fingerprint density at radius 3 is 2.93 bits per heavy atom. The van der Waals surface area contributed by atoms with E-state index in [1.165, 1.54) is 0 Å². The van der Waals surface area contributed by atoms with Gasteiger partial charge in [-0.05, 0) is 13.8 Å². The molecule has 15 heavy (non-hydrogen) atoms. The normalized spacial score (nSPS) is 32.8. The van der Waals surface area contributed by atoms with E-state index < -0.39 is 0 Å². The van der Waals surface area contributed by atoms with E-state index in [4.69, 9.17) is 9.47 Å². The van der Waals surface area contributed by atoms with Gasteiger partial charge < -0.3 is 14.8 Å². The van der Waals surface area contributed by atoms with Crippen LogP contribution in [-0.4, -0.2) is 62.5 Å². The van der Waals surface area contributed by atoms with E-state index in [2.05, 4.69) is 24.1 Å². The number of morpholine rings is 2. The van der Waals surface area contributed by atoms with E-state index >= 15 is 0 Å². The maximum atomic E-state index is 5.70. The summed E-state index contributed by atoms with van der Waals surface area (Å²) in [4.78, 5) is 2.45. The molecule has 1 N–H and O–H groups in total. The molecule has 0 radical (unpaired) electrons. The average molecular weight is 214 g/mol. The van der Waals surface area contributed by atoms with Gasteiger partial charge in [-0.15, -0.1) is 0 Å². The lowest BCUT2D eigenvalue weighted by molar-refractivity contribution is -0.0994. The summed E-state index contributed by atoms with van der Waals surface area (Å²) >= 11 is 0. The third-order valence-corrected chi connectivity index (χ3v) is 2.97. The first-order valence-corrected chi connectivity index (χ1v) is 5.84. The smallest absolute Gasteiger partial charge is 0.0826 e. The van der Waals surface area contributed by atoms with Crippen LogP contribution in [0.1, 0.15) is 13.8 Å². The zero-order valence-corrected chi connectivity index (χ0v) is 9.79. The molecule has 0 bridgehead atoms. The highest BCUT2D eigenvalue weighted by molar-refractivity contribution is 4.81. The van der Waals surface area contributed by atoms with Gasteiger partial charge in [0.1, 0.15) is 0 Å². The van der Waals surface area contributed by atoms with Gasteiger partial charge in [-0.25, -0.2) is 0 Å². The van der Waals surface area contributed by atoms with E-state index in [0.717, 1.165) is 45.9 Å². The minimum atomic E-state index is 0.000343. The van der Waals surface area contributed by atoms with Crippen LogP contribution in [0.3, 0.4) is 0 Å². The summed E-state index contributed by atoms with van der Waals surface area (Å²) in [6, 6.07) is 0. The first-order chi connectivity index (χ1) is 7.16. The van der Waals surface area contributed by atoms with Crippen LogP contribution in [0.25, 0.3) is 0 Å². The number of nitrogens with one attached hydrogen (secondary N) is 1. The van der Waals surface area contributed by atoms with Gasteiger partial charge in [0.2, 0.25) is 0 Å². The second-order valence-corrected chi connectivity index (χ2v) is 5.04. The number of nitrogens with zero attached hydrogens (tertiary/aromatic N) is 1. The lowest BCUT2D eigenvalue weighted by Gasteiger charge is -2.40. The third-order valence-electron chi connectivity index (χ3n) is 2.97. The predicted octanol–water partition coefficient (Wildman–Crippen LogP) is 0.0856. The quantitative estimate of drug-likeness (QED) is 0.706. The highest BCUT2D eigenvalue weighted by Crippen LogP contribution is 2.16. The fourth-order valence-corrected chi connectivity index (χ4v) is 2.30. The van der Waals surface area contributed by atoms with Crippen molar-refractivity contribution < 1.29 is 9.47 Å². The van der Waals surface area contributed by atoms with Gasteiger partial charge in [0, 0.05) is 32.7 Å². The number of rotatable bonds is 2. The molecule has 0 aromatic heterocycles. The highest BCUT2D eigenvalue weighted by atomic mass is 16.5. The van der Waals surface area contributed by atoms with Gasteiger partial charge in [-0.2, -0.15) is 0 Å². The van der Waals surface area contributed by atoms with Crippen LogP contribution >= 0.6 is 0 Å². The van der Waals surface area contributed by atoms with Crippen LogP contribution in [0.15, 0.2) is 0 Å². The molecule has 88 valence electrons. The molecule has 2 aliphatic rings. The van der Waals surface area contributed by atoms with Gasteiger partial charge in [0.15, 0.2) is 0 Å². The molecule has 4 heteroatoms. The molecule has 0 spiro atoms. The van der Waals surface area contributed by atoms with Crippen molar-refractivity contribution in [3.8, 4) is 0 Å². The largest absolute Gasteiger partial charge is 0.374 e. The van der Waals surface area contributed by atoms with E-state index in [0.29, 0.717) is 6.10 Å². The van der Waals surface area contributed by atoms with Crippen molar-refractivity contribution in [1.82, 2.24) is 10.2 Å². The molecule has 1 unspecified atom stereocenters. The molecular formula is C11H22N2O2. The standard InChI is InChI=1S/C11H22N2O2/c1-11(2)9-13(4-6-15-11)8-10-7-12-3-5-14-10/h10,12H,3-9H2,1-2H3. The average Bonchev–Trinajstić information content (AvgIpc) is 2.17. The summed E-state index contributed by atoms with van der Waals surface area (Å²) in [5.41, 5.74) is 0.000343. The minimum absolute atomic E-state index is 0.000343. The highest BCUT2D eigenvalue weighted by Gasteiger charge is 2.28. The van der Waals surface area contributed by atoms with Crippen LogP contribution in [0.2, 0.25) is 0 Å². The van der Waals surface area contributed by atoms with E-state index in [1.54, 1.807) is 0 Å². The van der Waals surface area contributed by atoms with Gasteiger partial charge >= 0.3 is 0 Å². The molecule has 4 nitrogen and oxygen atoms in total. The second-order valence-electron chi connectivity index (χ2n) is 5.04. The number of hydrogen-bond donors (Lipinski definition) is 1. The molecule has 2 rings (SSSR count). The van der Waals surface area contributed by atoms with Crippen LogP contribution in [0, 0.1) is 0 Å². The van der Waals surface area contributed by atoms with Crippen LogP contribution in [-0.2, 0) is 9.47 Å². The van der Waals surface area contributed by atoms with Gasteiger partial charge in [-0.3, -0.25) is 4.90 Å². The lowest BCUT2D eigenvalue weighted by Crippen LogP contribution is -2.53. The van der Waals surface area contributed by atoms with E-state index in [-0.39, 0.29) is 5.60 Å². The summed E-state index contributed by atoms with van der Waals surface area (Å²) in [5.74, 6) is 0. The maximum absolute atomic E-state index is 5.70. The zero-order valence-electron chi connectivity index (χ0n) is 9.79. The molecule has 2 heterocycles. The van der Waals surface area contributed by atoms with Crippen molar-refractivity contribution in [2.75, 3.05) is 45.9 Å². The summed E-state index contributed by atoms with van der Waals surface area (Å²) < 4.78 is 11.4. The minimum Gasteiger partial charge on any atom is -0.374 e. The molecular weight excluding hydrogens is 192 g/mol. The molecule has 2 fully saturated rings. The van der Waals surface area contributed by atoms with E-state index in [9.17, 15) is 0 Å². The zero-order chi connectivity index (χ0) is 10.7. The maximum Gasteiger partial charge on any atom is 0.0826 e. The van der Waals surface area contributed by atoms with Crippen molar-refractivity contribution >= 4 is 0 Å². The summed E-state index contributed by atoms with van der Waals surface area (Å²) in [7, 11) is 0. The molecule has 0 aromatic carbocycles. The first-order valence-electron chi connectivity index (χ1n) is 5.84. The van der Waals surface area contributed by atoms with Crippen LogP contribution in [0.4, 0.5) is 0 Å². The van der Waals surface area contributed by atoms with Crippen molar-refractivity contribution in [1.29, 1.82) is 0 Å². The fourth-order valence-electron chi connectivity index (χ4n) is 2.30. The van der Waals surface area contributed by atoms with Crippen LogP contribution in [0.5, 0.6) is 0 Å². The Labute approximate surface area is 91.9 Å². The molecule has 0 aliphatic carbocycles. The Hall–Kier alpha value is -0.160. The number of hydrogen-bond acceptors (Lipinski definition) is 4. The number of ether oxygens (including phenoxy) is 2. The topological polar surface area (TPSA) is 33.7 Å². The summed E-state index contributed by atoms with van der Waals surface area (Å²) in [5, 5.41) is 3.36. The predicted molar refractivity (Wildman–Crippen MR) is 59.1 cm³/mol. The first kappa shape index (κ1) is 11.3. The SMILES string of the molecule is CC1(C)CN(CC2CNCCO2)CCO1. The van der Waals surface area contributed by atoms with Crippen molar-refractivity contribution in [2.24, 2.45) is 0 Å².